The van der Waals surface area contributed by atoms with E-state index >= 15 is 0 Å². The van der Waals surface area contributed by atoms with Crippen LogP contribution >= 0.6 is 7.82 Å². The maximum absolute atomic E-state index is 12.7. The monoisotopic (exact) mass is 1050 g/mol. The molecule has 0 spiro atoms. The summed E-state index contributed by atoms with van der Waals surface area (Å²) in [6, 6.07) is 0. The maximum atomic E-state index is 12.7. The van der Waals surface area contributed by atoms with Gasteiger partial charge in [0.2, 0.25) is 0 Å². The number of carbonyl (C=O) groups excluding carboxylic acids is 2. The molecule has 0 aromatic heterocycles. The molecule has 0 aliphatic carbocycles. The van der Waals surface area contributed by atoms with E-state index in [2.05, 4.69) is 111 Å². The number of carbonyl (C=O) groups is 2. The van der Waals surface area contributed by atoms with Crippen LogP contribution in [-0.2, 0) is 32.7 Å². The zero-order valence-corrected chi connectivity index (χ0v) is 48.4. The quantitative estimate of drug-likeness (QED) is 0.0264. The topological polar surface area (TPSA) is 134 Å². The van der Waals surface area contributed by atoms with Crippen molar-refractivity contribution in [2.45, 2.75) is 270 Å². The fourth-order valence-electron chi connectivity index (χ4n) is 8.26. The van der Waals surface area contributed by atoms with E-state index in [1.807, 2.05) is 0 Å². The van der Waals surface area contributed by atoms with Gasteiger partial charge in [-0.05, 0) is 96.3 Å². The summed E-state index contributed by atoms with van der Waals surface area (Å²) in [5.74, 6) is -0.840. The predicted molar refractivity (Wildman–Crippen MR) is 316 cm³/mol. The molecule has 9 nitrogen and oxygen atoms in total. The summed E-state index contributed by atoms with van der Waals surface area (Å²) in [4.78, 5) is 35.1. The highest BCUT2D eigenvalue weighted by atomic mass is 31.2. The van der Waals surface area contributed by atoms with E-state index in [9.17, 15) is 19.0 Å². The summed E-state index contributed by atoms with van der Waals surface area (Å²) >= 11 is 0. The van der Waals surface area contributed by atoms with Crippen molar-refractivity contribution in [3.8, 4) is 0 Å². The third kappa shape index (κ3) is 58.2. The molecule has 0 saturated heterocycles. The zero-order valence-electron chi connectivity index (χ0n) is 47.6. The van der Waals surface area contributed by atoms with Gasteiger partial charge in [-0.15, -0.1) is 0 Å². The first kappa shape index (κ1) is 70.9. The van der Waals surface area contributed by atoms with E-state index in [-0.39, 0.29) is 32.6 Å². The van der Waals surface area contributed by atoms with Crippen LogP contribution in [0.1, 0.15) is 264 Å². The van der Waals surface area contributed by atoms with Crippen molar-refractivity contribution in [2.75, 3.05) is 26.4 Å². The number of allylic oxidation sites excluding steroid dienone is 16. The number of phosphoric ester groups is 1. The number of phosphoric acid groups is 1. The highest BCUT2D eigenvalue weighted by Gasteiger charge is 2.26. The Hall–Kier alpha value is -3.07. The van der Waals surface area contributed by atoms with Gasteiger partial charge in [0.05, 0.1) is 13.2 Å². The van der Waals surface area contributed by atoms with Crippen LogP contribution in [-0.4, -0.2) is 49.3 Å². The highest BCUT2D eigenvalue weighted by Crippen LogP contribution is 2.43. The molecule has 0 aromatic carbocycles. The van der Waals surface area contributed by atoms with Gasteiger partial charge in [-0.25, -0.2) is 4.57 Å². The smallest absolute Gasteiger partial charge is 0.462 e. The van der Waals surface area contributed by atoms with E-state index in [0.29, 0.717) is 12.8 Å². The van der Waals surface area contributed by atoms with E-state index in [0.717, 1.165) is 96.3 Å². The third-order valence-electron chi connectivity index (χ3n) is 12.7. The molecule has 74 heavy (non-hydrogen) atoms. The van der Waals surface area contributed by atoms with E-state index < -0.39 is 32.5 Å². The molecule has 0 amide bonds. The zero-order chi connectivity index (χ0) is 53.8. The number of hydrogen-bond acceptors (Lipinski definition) is 8. The fraction of sp³-hybridized carbons (Fsp3) is 0.719. The molecule has 0 heterocycles. The first-order valence-electron chi connectivity index (χ1n) is 30.2. The van der Waals surface area contributed by atoms with Gasteiger partial charge in [-0.3, -0.25) is 18.6 Å². The Labute approximate surface area is 455 Å². The second kappa shape index (κ2) is 59.2. The SMILES string of the molecule is CC/C=C\C/C=C\C/C=C\C/C=C\C/C=C\C/C=C\CCCCCCCCCCCCCCCCCCCCC(=O)OC(COC(=O)CCCCCCC/C=C\C/C=C\CCCCCC)COP(=O)(O)OCCN. The Balaban J connectivity index is 3.88. The molecule has 426 valence electrons. The molecule has 0 fully saturated rings. The maximum Gasteiger partial charge on any atom is 0.472 e. The molecular formula is C64H112NO8P. The summed E-state index contributed by atoms with van der Waals surface area (Å²) in [5.41, 5.74) is 5.38. The Kier molecular flexibility index (Phi) is 56.7. The third-order valence-corrected chi connectivity index (χ3v) is 13.7. The van der Waals surface area contributed by atoms with Gasteiger partial charge in [0, 0.05) is 19.4 Å². The van der Waals surface area contributed by atoms with Gasteiger partial charge >= 0.3 is 19.8 Å². The fourth-order valence-corrected chi connectivity index (χ4v) is 9.02. The average Bonchev–Trinajstić information content (AvgIpc) is 3.39. The first-order chi connectivity index (χ1) is 36.3. The molecule has 2 unspecified atom stereocenters. The summed E-state index contributed by atoms with van der Waals surface area (Å²) in [6.45, 7) is 3.61. The summed E-state index contributed by atoms with van der Waals surface area (Å²) < 4.78 is 33.0. The van der Waals surface area contributed by atoms with Crippen molar-refractivity contribution in [3.63, 3.8) is 0 Å². The predicted octanol–water partition coefficient (Wildman–Crippen LogP) is 19.2. The standard InChI is InChI=1S/C64H112NO8P/c1-3-5-7-9-11-13-15-17-19-21-22-23-24-25-26-27-28-29-30-31-32-33-34-35-36-37-38-39-40-41-43-45-47-49-51-53-55-57-64(67)73-62(61-72-74(68,69)71-59-58-65)60-70-63(66)56-54-52-50-48-46-44-42-20-18-16-14-12-10-8-6-4-2/h5,7,11,13-14,16-17,19-20,22-23,25-26,28-29,42,62H,3-4,6,8-10,12,15,18,21,24,27,30-41,43-61,65H2,1-2H3,(H,68,69)/b7-5-,13-11-,16-14-,19-17-,23-22-,26-25-,29-28-,42-20-. The minimum absolute atomic E-state index is 0.0491. The van der Waals surface area contributed by atoms with Crippen molar-refractivity contribution < 1.29 is 37.6 Å². The number of esters is 2. The molecule has 0 aliphatic heterocycles. The normalized spacial score (nSPS) is 13.7. The lowest BCUT2D eigenvalue weighted by molar-refractivity contribution is -0.161. The van der Waals surface area contributed by atoms with Gasteiger partial charge in [-0.1, -0.05) is 252 Å². The molecule has 0 saturated carbocycles. The Morgan fingerprint density at radius 1 is 0.419 bits per heavy atom. The first-order valence-corrected chi connectivity index (χ1v) is 31.7. The minimum atomic E-state index is -4.39. The van der Waals surface area contributed by atoms with Crippen molar-refractivity contribution in [3.05, 3.63) is 97.2 Å². The second-order valence-corrected chi connectivity index (χ2v) is 21.3. The van der Waals surface area contributed by atoms with Crippen molar-refractivity contribution in [1.29, 1.82) is 0 Å². The van der Waals surface area contributed by atoms with Crippen LogP contribution < -0.4 is 5.73 Å². The number of hydrogen-bond donors (Lipinski definition) is 2. The van der Waals surface area contributed by atoms with Crippen molar-refractivity contribution >= 4 is 19.8 Å². The summed E-state index contributed by atoms with van der Waals surface area (Å²) in [5, 5.41) is 0. The lowest BCUT2D eigenvalue weighted by Gasteiger charge is -2.19. The van der Waals surface area contributed by atoms with Crippen LogP contribution in [0, 0.1) is 0 Å². The number of rotatable bonds is 56. The lowest BCUT2D eigenvalue weighted by Crippen LogP contribution is -2.29. The molecule has 10 heteroatoms. The Morgan fingerprint density at radius 2 is 0.743 bits per heavy atom. The van der Waals surface area contributed by atoms with Crippen LogP contribution in [0.3, 0.4) is 0 Å². The van der Waals surface area contributed by atoms with Crippen LogP contribution in [0.2, 0.25) is 0 Å². The molecule has 2 atom stereocenters. The van der Waals surface area contributed by atoms with Crippen LogP contribution in [0.4, 0.5) is 0 Å². The van der Waals surface area contributed by atoms with Crippen molar-refractivity contribution in [1.82, 2.24) is 0 Å². The average molecular weight is 1050 g/mol. The van der Waals surface area contributed by atoms with Gasteiger partial charge in [0.25, 0.3) is 0 Å². The number of nitrogens with two attached hydrogens (primary N) is 1. The van der Waals surface area contributed by atoms with E-state index in [1.54, 1.807) is 0 Å². The summed E-state index contributed by atoms with van der Waals surface area (Å²) in [7, 11) is -4.39. The highest BCUT2D eigenvalue weighted by molar-refractivity contribution is 7.47. The molecule has 0 radical (unpaired) electrons. The Bertz CT molecular complexity index is 1530. The number of unbranched alkanes of at least 4 members (excludes halogenated alkanes) is 27. The summed E-state index contributed by atoms with van der Waals surface area (Å²) in [6.07, 6.45) is 79.1. The Morgan fingerprint density at radius 3 is 1.11 bits per heavy atom. The number of ether oxygens (including phenoxy) is 2. The van der Waals surface area contributed by atoms with Crippen LogP contribution in [0.5, 0.6) is 0 Å². The van der Waals surface area contributed by atoms with Crippen molar-refractivity contribution in [2.24, 2.45) is 5.73 Å². The molecule has 3 N–H and O–H groups in total. The molecule has 0 aliphatic rings. The van der Waals surface area contributed by atoms with Crippen LogP contribution in [0.25, 0.3) is 0 Å². The van der Waals surface area contributed by atoms with Gasteiger partial charge in [0.15, 0.2) is 6.10 Å². The van der Waals surface area contributed by atoms with Gasteiger partial charge < -0.3 is 20.1 Å². The largest absolute Gasteiger partial charge is 0.472 e. The molecule has 0 rings (SSSR count). The van der Waals surface area contributed by atoms with Gasteiger partial charge in [-0.2, -0.15) is 0 Å². The molecule has 0 aromatic rings. The van der Waals surface area contributed by atoms with Crippen LogP contribution in [0.15, 0.2) is 97.2 Å². The van der Waals surface area contributed by atoms with E-state index in [4.69, 9.17) is 24.3 Å². The minimum Gasteiger partial charge on any atom is -0.462 e. The molecule has 0 bridgehead atoms. The second-order valence-electron chi connectivity index (χ2n) is 19.8. The van der Waals surface area contributed by atoms with E-state index in [1.165, 1.54) is 128 Å². The molecular weight excluding hydrogens is 942 g/mol. The lowest BCUT2D eigenvalue weighted by atomic mass is 10.0. The van der Waals surface area contributed by atoms with Gasteiger partial charge in [0.1, 0.15) is 6.61 Å².